The van der Waals surface area contributed by atoms with Crippen molar-refractivity contribution >= 4 is 27.3 Å². The van der Waals surface area contributed by atoms with Crippen LogP contribution >= 0.6 is 11.3 Å². The average Bonchev–Trinajstić information content (AvgIpc) is 3.19. The summed E-state index contributed by atoms with van der Waals surface area (Å²) in [4.78, 5) is 12.2. The molecule has 26 heavy (non-hydrogen) atoms. The number of thiophene rings is 1. The van der Waals surface area contributed by atoms with E-state index < -0.39 is 22.2 Å². The van der Waals surface area contributed by atoms with Gasteiger partial charge in [0, 0.05) is 13.5 Å². The van der Waals surface area contributed by atoms with Crippen LogP contribution in [-0.4, -0.2) is 31.8 Å². The van der Waals surface area contributed by atoms with Gasteiger partial charge in [-0.25, -0.2) is 8.42 Å². The molecule has 2 atom stereocenters. The molecular formula is C19H25NO4S2. The molecule has 0 N–H and O–H groups in total. The van der Waals surface area contributed by atoms with Gasteiger partial charge in [-0.15, -0.1) is 11.3 Å². The largest absolute Gasteiger partial charge is 0.456 e. The van der Waals surface area contributed by atoms with Crippen LogP contribution in [0.4, 0.5) is 0 Å². The molecule has 0 aliphatic heterocycles. The second-order valence-electron chi connectivity index (χ2n) is 6.12. The monoisotopic (exact) mass is 395 g/mol. The number of benzene rings is 1. The lowest BCUT2D eigenvalue weighted by Crippen LogP contribution is -2.40. The Morgan fingerprint density at radius 3 is 2.46 bits per heavy atom. The van der Waals surface area contributed by atoms with Gasteiger partial charge in [-0.05, 0) is 30.4 Å². The number of nitrogens with zero attached hydrogens (tertiary/aromatic N) is 1. The van der Waals surface area contributed by atoms with Crippen LogP contribution in [0.1, 0.15) is 44.8 Å². The predicted molar refractivity (Wildman–Crippen MR) is 104 cm³/mol. The average molecular weight is 396 g/mol. The number of rotatable bonds is 9. The number of carbonyl (C=O) groups excluding carboxylic acids is 1. The zero-order valence-electron chi connectivity index (χ0n) is 15.3. The zero-order valence-corrected chi connectivity index (χ0v) is 16.9. The van der Waals surface area contributed by atoms with Crippen LogP contribution in [0.3, 0.4) is 0 Å². The van der Waals surface area contributed by atoms with Crippen LogP contribution in [-0.2, 0) is 19.6 Å². The third kappa shape index (κ3) is 4.93. The van der Waals surface area contributed by atoms with Crippen molar-refractivity contribution in [1.82, 2.24) is 4.31 Å². The Hall–Kier alpha value is -1.70. The maximum atomic E-state index is 12.8. The van der Waals surface area contributed by atoms with Gasteiger partial charge in [-0.1, -0.05) is 49.7 Å². The number of hydrogen-bond donors (Lipinski definition) is 0. The molecule has 1 aromatic heterocycles. The van der Waals surface area contributed by atoms with E-state index in [4.69, 9.17) is 4.74 Å². The maximum Gasteiger partial charge on any atom is 0.306 e. The third-order valence-electron chi connectivity index (χ3n) is 4.26. The molecular weight excluding hydrogens is 370 g/mol. The van der Waals surface area contributed by atoms with Crippen molar-refractivity contribution in [3.8, 4) is 0 Å². The Kier molecular flexibility index (Phi) is 7.37. The van der Waals surface area contributed by atoms with Crippen molar-refractivity contribution in [2.75, 3.05) is 7.05 Å². The fourth-order valence-corrected chi connectivity index (χ4v) is 5.11. The first-order chi connectivity index (χ1) is 12.4. The number of esters is 1. The van der Waals surface area contributed by atoms with E-state index in [1.165, 1.54) is 22.7 Å². The summed E-state index contributed by atoms with van der Waals surface area (Å²) >= 11 is 1.17. The van der Waals surface area contributed by atoms with E-state index in [1.54, 1.807) is 24.4 Å². The molecule has 142 valence electrons. The maximum absolute atomic E-state index is 12.8. The zero-order chi connectivity index (χ0) is 19.2. The van der Waals surface area contributed by atoms with Gasteiger partial charge >= 0.3 is 5.97 Å². The van der Waals surface area contributed by atoms with E-state index in [2.05, 4.69) is 0 Å². The lowest BCUT2D eigenvalue weighted by atomic mass is 10.0. The molecule has 0 aliphatic carbocycles. The molecule has 1 heterocycles. The Bertz CT molecular complexity index is 788. The number of hydrogen-bond acceptors (Lipinski definition) is 5. The summed E-state index contributed by atoms with van der Waals surface area (Å²) in [5.41, 5.74) is 0.776. The van der Waals surface area contributed by atoms with Crippen molar-refractivity contribution in [2.24, 2.45) is 0 Å². The summed E-state index contributed by atoms with van der Waals surface area (Å²) in [6, 6.07) is 12.0. The highest BCUT2D eigenvalue weighted by Crippen LogP contribution is 2.30. The minimum absolute atomic E-state index is 0.274. The Labute approximate surface area is 159 Å². The summed E-state index contributed by atoms with van der Waals surface area (Å²) < 4.78 is 32.9. The van der Waals surface area contributed by atoms with Crippen molar-refractivity contribution < 1.29 is 17.9 Å². The fourth-order valence-electron chi connectivity index (χ4n) is 2.57. The minimum atomic E-state index is -3.64. The van der Waals surface area contributed by atoms with E-state index in [0.717, 1.165) is 18.4 Å². The number of unbranched alkanes of at least 4 members (excludes halogenated alkanes) is 1. The molecule has 0 spiro atoms. The van der Waals surface area contributed by atoms with Crippen LogP contribution in [0.15, 0.2) is 52.1 Å². The van der Waals surface area contributed by atoms with E-state index >= 15 is 0 Å². The number of sulfonamides is 1. The van der Waals surface area contributed by atoms with E-state index in [-0.39, 0.29) is 10.2 Å². The molecule has 0 aliphatic rings. The van der Waals surface area contributed by atoms with Gasteiger partial charge in [-0.3, -0.25) is 4.79 Å². The van der Waals surface area contributed by atoms with Gasteiger partial charge in [0.1, 0.15) is 10.3 Å². The smallest absolute Gasteiger partial charge is 0.306 e. The molecule has 0 saturated heterocycles. The molecule has 2 aromatic rings. The number of carbonyl (C=O) groups is 1. The number of likely N-dealkylation sites (N-methyl/N-ethyl adjacent to an activating group) is 1. The first-order valence-corrected chi connectivity index (χ1v) is 11.0. The molecule has 7 heteroatoms. The SMILES string of the molecule is CCCCC(=O)O[C@H](c1ccccc1)[C@H](C)N(C)S(=O)(=O)c1cccs1. The molecule has 0 radical (unpaired) electrons. The molecule has 0 amide bonds. The van der Waals surface area contributed by atoms with Gasteiger partial charge in [-0.2, -0.15) is 4.31 Å². The molecule has 1 aromatic carbocycles. The van der Waals surface area contributed by atoms with Crippen LogP contribution < -0.4 is 0 Å². The second kappa shape index (κ2) is 9.30. The second-order valence-corrected chi connectivity index (χ2v) is 9.29. The summed E-state index contributed by atoms with van der Waals surface area (Å²) in [6.45, 7) is 3.77. The van der Waals surface area contributed by atoms with Crippen LogP contribution in [0, 0.1) is 0 Å². The van der Waals surface area contributed by atoms with E-state index in [1.807, 2.05) is 37.3 Å². The Balaban J connectivity index is 2.27. The van der Waals surface area contributed by atoms with Gasteiger partial charge in [0.05, 0.1) is 6.04 Å². The fraction of sp³-hybridized carbons (Fsp3) is 0.421. The first-order valence-electron chi connectivity index (χ1n) is 8.64. The minimum Gasteiger partial charge on any atom is -0.456 e. The summed E-state index contributed by atoms with van der Waals surface area (Å²) in [5.74, 6) is -0.311. The van der Waals surface area contributed by atoms with Crippen molar-refractivity contribution in [2.45, 2.75) is 49.5 Å². The highest BCUT2D eigenvalue weighted by molar-refractivity contribution is 7.91. The molecule has 0 bridgehead atoms. The van der Waals surface area contributed by atoms with Crippen molar-refractivity contribution in [1.29, 1.82) is 0 Å². The van der Waals surface area contributed by atoms with Crippen LogP contribution in [0.5, 0.6) is 0 Å². The number of ether oxygens (including phenoxy) is 1. The summed E-state index contributed by atoms with van der Waals surface area (Å²) in [5, 5.41) is 1.73. The van der Waals surface area contributed by atoms with E-state index in [0.29, 0.717) is 6.42 Å². The van der Waals surface area contributed by atoms with Crippen molar-refractivity contribution in [3.05, 3.63) is 53.4 Å². The standard InChI is InChI=1S/C19H25NO4S2/c1-4-5-12-17(21)24-19(16-10-7-6-8-11-16)15(2)20(3)26(22,23)18-13-9-14-25-18/h6-11,13-15,19H,4-5,12H2,1-3H3/t15-,19-/m0/s1. The molecule has 2 rings (SSSR count). The summed E-state index contributed by atoms with van der Waals surface area (Å²) in [7, 11) is -2.12. The molecule has 5 nitrogen and oxygen atoms in total. The van der Waals surface area contributed by atoms with Crippen LogP contribution in [0.25, 0.3) is 0 Å². The lowest BCUT2D eigenvalue weighted by molar-refractivity contribution is -0.152. The highest BCUT2D eigenvalue weighted by atomic mass is 32.2. The Morgan fingerprint density at radius 1 is 1.19 bits per heavy atom. The quantitative estimate of drug-likeness (QED) is 0.596. The molecule has 0 saturated carbocycles. The van der Waals surface area contributed by atoms with Gasteiger partial charge < -0.3 is 4.74 Å². The van der Waals surface area contributed by atoms with Gasteiger partial charge in [0.2, 0.25) is 0 Å². The Morgan fingerprint density at radius 2 is 1.88 bits per heavy atom. The highest BCUT2D eigenvalue weighted by Gasteiger charge is 2.34. The summed E-state index contributed by atoms with van der Waals surface area (Å²) in [6.07, 6.45) is 1.31. The van der Waals surface area contributed by atoms with Crippen LogP contribution in [0.2, 0.25) is 0 Å². The molecule has 0 fully saturated rings. The third-order valence-corrected chi connectivity index (χ3v) is 7.58. The van der Waals surface area contributed by atoms with Crippen molar-refractivity contribution in [3.63, 3.8) is 0 Å². The molecule has 0 unspecified atom stereocenters. The van der Waals surface area contributed by atoms with E-state index in [9.17, 15) is 13.2 Å². The van der Waals surface area contributed by atoms with Gasteiger partial charge in [0.15, 0.2) is 0 Å². The lowest BCUT2D eigenvalue weighted by Gasteiger charge is -2.31. The normalized spacial score (nSPS) is 14.2. The predicted octanol–water partition coefficient (Wildman–Crippen LogP) is 4.23. The first kappa shape index (κ1) is 20.6. The van der Waals surface area contributed by atoms with Gasteiger partial charge in [0.25, 0.3) is 10.0 Å². The topological polar surface area (TPSA) is 63.7 Å².